The number of aromatic nitrogens is 5. The minimum absolute atomic E-state index is 0.0750. The molecule has 1 amide bonds. The molecule has 3 fully saturated rings. The summed E-state index contributed by atoms with van der Waals surface area (Å²) in [6.07, 6.45) is 5.29. The standard InChI is InChI=1S/C24H20F2N6O2/c1-34-17-7-16-20(29-21(17)30-22(33)24-8-13(9-24)10-24)19(28-12-27-16)15-11-32(23(25)26)31-18(15)14-5-3-2-4-6-14/h2-7,11-13,23H,8-10H2,1H3,(H,29,30,33). The maximum Gasteiger partial charge on any atom is 0.333 e. The second kappa shape index (κ2) is 7.54. The van der Waals surface area contributed by atoms with Crippen LogP contribution in [0, 0.1) is 11.3 Å². The number of hydrogen-bond acceptors (Lipinski definition) is 6. The summed E-state index contributed by atoms with van der Waals surface area (Å²) in [4.78, 5) is 26.2. The summed E-state index contributed by atoms with van der Waals surface area (Å²) in [6, 6.07) is 10.7. The fourth-order valence-corrected chi connectivity index (χ4v) is 4.88. The van der Waals surface area contributed by atoms with Gasteiger partial charge in [0.25, 0.3) is 0 Å². The topological polar surface area (TPSA) is 94.8 Å². The third-order valence-corrected chi connectivity index (χ3v) is 6.78. The number of halogens is 2. The first-order valence-corrected chi connectivity index (χ1v) is 10.9. The first kappa shape index (κ1) is 20.6. The van der Waals surface area contributed by atoms with Gasteiger partial charge in [-0.25, -0.2) is 19.6 Å². The molecule has 7 rings (SSSR count). The summed E-state index contributed by atoms with van der Waals surface area (Å²) in [7, 11) is 1.49. The summed E-state index contributed by atoms with van der Waals surface area (Å²) in [5.41, 5.74) is 2.22. The quantitative estimate of drug-likeness (QED) is 0.446. The molecule has 3 saturated carbocycles. The van der Waals surface area contributed by atoms with E-state index in [4.69, 9.17) is 4.74 Å². The number of carbonyl (C=O) groups is 1. The molecule has 4 aromatic rings. The molecule has 3 aliphatic rings. The lowest BCUT2D eigenvalue weighted by Gasteiger charge is -2.59. The van der Waals surface area contributed by atoms with Gasteiger partial charge in [0.2, 0.25) is 5.91 Å². The number of rotatable bonds is 6. The van der Waals surface area contributed by atoms with E-state index < -0.39 is 6.55 Å². The van der Waals surface area contributed by atoms with Crippen LogP contribution in [0.3, 0.4) is 0 Å². The highest BCUT2D eigenvalue weighted by atomic mass is 19.3. The molecule has 1 N–H and O–H groups in total. The van der Waals surface area contributed by atoms with Crippen molar-refractivity contribution in [3.05, 3.63) is 48.9 Å². The molecule has 0 spiro atoms. The van der Waals surface area contributed by atoms with Crippen molar-refractivity contribution in [3.8, 4) is 28.3 Å². The van der Waals surface area contributed by atoms with Gasteiger partial charge in [0, 0.05) is 23.4 Å². The van der Waals surface area contributed by atoms with Crippen LogP contribution in [0.5, 0.6) is 5.75 Å². The van der Waals surface area contributed by atoms with Crippen LogP contribution in [0.2, 0.25) is 0 Å². The second-order valence-corrected chi connectivity index (χ2v) is 8.86. The van der Waals surface area contributed by atoms with E-state index in [1.54, 1.807) is 30.3 Å². The maximum absolute atomic E-state index is 13.6. The zero-order valence-electron chi connectivity index (χ0n) is 18.2. The van der Waals surface area contributed by atoms with Crippen LogP contribution in [0.4, 0.5) is 14.6 Å². The number of anilines is 1. The molecule has 34 heavy (non-hydrogen) atoms. The molecule has 0 aliphatic heterocycles. The molecule has 172 valence electrons. The Bertz CT molecular complexity index is 1400. The van der Waals surface area contributed by atoms with Crippen molar-refractivity contribution >= 4 is 22.8 Å². The number of pyridine rings is 1. The number of methoxy groups -OCH3 is 1. The molecule has 1 aromatic carbocycles. The predicted molar refractivity (Wildman–Crippen MR) is 120 cm³/mol. The number of benzene rings is 1. The van der Waals surface area contributed by atoms with E-state index in [0.717, 1.165) is 19.3 Å². The first-order valence-electron chi connectivity index (χ1n) is 10.9. The highest BCUT2D eigenvalue weighted by Crippen LogP contribution is 2.64. The second-order valence-electron chi connectivity index (χ2n) is 8.86. The molecule has 3 heterocycles. The van der Waals surface area contributed by atoms with Crippen molar-refractivity contribution in [1.29, 1.82) is 0 Å². The summed E-state index contributed by atoms with van der Waals surface area (Å²) in [5.74, 6) is 1.20. The highest BCUT2D eigenvalue weighted by molar-refractivity contribution is 6.00. The lowest BCUT2D eigenvalue weighted by Crippen LogP contribution is -2.58. The van der Waals surface area contributed by atoms with Crippen molar-refractivity contribution in [3.63, 3.8) is 0 Å². The number of ether oxygens (including phenoxy) is 1. The summed E-state index contributed by atoms with van der Waals surface area (Å²) in [6.45, 7) is -2.82. The number of hydrogen-bond donors (Lipinski definition) is 1. The zero-order valence-corrected chi connectivity index (χ0v) is 18.2. The molecule has 3 aromatic heterocycles. The third-order valence-electron chi connectivity index (χ3n) is 6.78. The van der Waals surface area contributed by atoms with Crippen LogP contribution in [-0.2, 0) is 4.79 Å². The maximum atomic E-state index is 13.6. The van der Waals surface area contributed by atoms with Crippen LogP contribution in [0.25, 0.3) is 33.5 Å². The van der Waals surface area contributed by atoms with Crippen molar-refractivity contribution in [2.45, 2.75) is 25.8 Å². The highest BCUT2D eigenvalue weighted by Gasteiger charge is 2.61. The third kappa shape index (κ3) is 3.12. The first-order chi connectivity index (χ1) is 16.5. The Morgan fingerprint density at radius 1 is 1.18 bits per heavy atom. The molecule has 8 nitrogen and oxygen atoms in total. The fraction of sp³-hybridized carbons (Fsp3) is 0.292. The Morgan fingerprint density at radius 2 is 1.94 bits per heavy atom. The average molecular weight is 462 g/mol. The van der Waals surface area contributed by atoms with Gasteiger partial charge in [0.1, 0.15) is 23.2 Å². The molecular formula is C24H20F2N6O2. The zero-order chi connectivity index (χ0) is 23.4. The van der Waals surface area contributed by atoms with E-state index in [0.29, 0.717) is 49.9 Å². The predicted octanol–water partition coefficient (Wildman–Crippen LogP) is 4.70. The van der Waals surface area contributed by atoms with Crippen molar-refractivity contribution in [2.24, 2.45) is 11.3 Å². The lowest BCUT2D eigenvalue weighted by molar-refractivity contribution is -0.158. The Morgan fingerprint density at radius 3 is 2.59 bits per heavy atom. The van der Waals surface area contributed by atoms with Crippen LogP contribution >= 0.6 is 0 Å². The number of carbonyl (C=O) groups excluding carboxylic acids is 1. The van der Waals surface area contributed by atoms with Gasteiger partial charge in [-0.05, 0) is 25.2 Å². The Labute approximate surface area is 193 Å². The van der Waals surface area contributed by atoms with Gasteiger partial charge in [0.05, 0.1) is 18.0 Å². The van der Waals surface area contributed by atoms with Gasteiger partial charge in [-0.3, -0.25) is 4.79 Å². The number of fused-ring (bicyclic) bond motifs is 1. The minimum atomic E-state index is -2.82. The van der Waals surface area contributed by atoms with Crippen LogP contribution in [0.1, 0.15) is 25.8 Å². The van der Waals surface area contributed by atoms with E-state index >= 15 is 0 Å². The monoisotopic (exact) mass is 462 g/mol. The van der Waals surface area contributed by atoms with E-state index in [2.05, 4.69) is 25.4 Å². The van der Waals surface area contributed by atoms with Crippen LogP contribution < -0.4 is 10.1 Å². The molecule has 0 atom stereocenters. The van der Waals surface area contributed by atoms with Gasteiger partial charge < -0.3 is 10.1 Å². The summed E-state index contributed by atoms with van der Waals surface area (Å²) >= 11 is 0. The average Bonchev–Trinajstić information content (AvgIpc) is 3.22. The van der Waals surface area contributed by atoms with Crippen molar-refractivity contribution in [1.82, 2.24) is 24.7 Å². The van der Waals surface area contributed by atoms with E-state index in [1.165, 1.54) is 19.6 Å². The van der Waals surface area contributed by atoms with E-state index in [9.17, 15) is 13.6 Å². The summed E-state index contributed by atoms with van der Waals surface area (Å²) in [5, 5.41) is 7.02. The van der Waals surface area contributed by atoms with Gasteiger partial charge in [-0.1, -0.05) is 30.3 Å². The molecule has 3 aliphatic carbocycles. The van der Waals surface area contributed by atoms with E-state index in [1.807, 2.05) is 6.07 Å². The normalized spacial score (nSPS) is 20.6. The van der Waals surface area contributed by atoms with Crippen LogP contribution in [-0.4, -0.2) is 37.7 Å². The van der Waals surface area contributed by atoms with Gasteiger partial charge in [0.15, 0.2) is 11.6 Å². The Balaban J connectivity index is 1.49. The molecule has 0 saturated heterocycles. The number of amides is 1. The number of nitrogens with zero attached hydrogens (tertiary/aromatic N) is 5. The largest absolute Gasteiger partial charge is 0.493 e. The van der Waals surface area contributed by atoms with Crippen molar-refractivity contribution in [2.75, 3.05) is 12.4 Å². The van der Waals surface area contributed by atoms with E-state index in [-0.39, 0.29) is 17.1 Å². The smallest absolute Gasteiger partial charge is 0.333 e. The lowest BCUT2D eigenvalue weighted by atomic mass is 9.44. The van der Waals surface area contributed by atoms with Gasteiger partial charge >= 0.3 is 6.55 Å². The minimum Gasteiger partial charge on any atom is -0.493 e. The van der Waals surface area contributed by atoms with Gasteiger partial charge in [-0.2, -0.15) is 13.9 Å². The van der Waals surface area contributed by atoms with Crippen LogP contribution in [0.15, 0.2) is 48.9 Å². The SMILES string of the molecule is COc1cc2ncnc(-c3cn(C(F)F)nc3-c3ccccc3)c2nc1NC(=O)C12CC(C1)C2. The molecule has 10 heteroatoms. The fourth-order valence-electron chi connectivity index (χ4n) is 4.88. The molecule has 0 radical (unpaired) electrons. The van der Waals surface area contributed by atoms with Gasteiger partial charge in [-0.15, -0.1) is 0 Å². The molecule has 0 unspecified atom stereocenters. The molecular weight excluding hydrogens is 442 g/mol. The number of nitrogens with one attached hydrogen (secondary N) is 1. The summed E-state index contributed by atoms with van der Waals surface area (Å²) < 4.78 is 33.2. The number of alkyl halides is 2. The Kier molecular flexibility index (Phi) is 4.58. The Hall–Kier alpha value is -3.95. The van der Waals surface area contributed by atoms with Crippen molar-refractivity contribution < 1.29 is 18.3 Å². The molecule has 2 bridgehead atoms.